The summed E-state index contributed by atoms with van der Waals surface area (Å²) in [5.74, 6) is 0. The highest BCUT2D eigenvalue weighted by molar-refractivity contribution is 8.13. The van der Waals surface area contributed by atoms with E-state index in [1.165, 1.54) is 41.8 Å². The average Bonchev–Trinajstić information content (AvgIpc) is 3.37. The Kier molecular flexibility index (Phi) is 75.4. The summed E-state index contributed by atoms with van der Waals surface area (Å²) in [6.45, 7) is 26.2. The molecule has 81 heavy (non-hydrogen) atoms. The molecule has 2 amide bonds. The van der Waals surface area contributed by atoms with E-state index in [1.807, 2.05) is 0 Å². The second-order valence-electron chi connectivity index (χ2n) is 14.5. The molecule has 2 N–H and O–H groups in total. The zero-order valence-electron chi connectivity index (χ0n) is 48.2. The molecule has 0 saturated heterocycles. The number of hydrogen-bond acceptors (Lipinski definition) is 28. The van der Waals surface area contributed by atoms with E-state index in [4.69, 9.17) is 48.1 Å². The molecular formula is C45H94ClN3O27S5. The summed E-state index contributed by atoms with van der Waals surface area (Å²) in [6.07, 6.45) is 11.9. The van der Waals surface area contributed by atoms with E-state index >= 15 is 0 Å². The molecule has 0 spiro atoms. The molecule has 0 atom stereocenters. The molecule has 0 aliphatic carbocycles. The number of nitrogens with zero attached hydrogens (tertiary/aromatic N) is 3. The lowest BCUT2D eigenvalue weighted by molar-refractivity contribution is -0.117. The maximum Gasteiger partial charge on any atom is 0.264 e. The molecule has 0 saturated carbocycles. The number of carbonyl (C=O) groups excluding carboxylic acids is 3. The van der Waals surface area contributed by atoms with Gasteiger partial charge in [0.05, 0.1) is 177 Å². The topological polar surface area (TPSA) is 383 Å². The minimum absolute atomic E-state index is 0.0417. The summed E-state index contributed by atoms with van der Waals surface area (Å²) >= 11 is 0. The average molecular weight is 1310 g/mol. The normalized spacial score (nSPS) is 11.1. The third-order valence-electron chi connectivity index (χ3n) is 7.39. The second kappa shape index (κ2) is 66.4. The maximum absolute atomic E-state index is 10.6. The first-order chi connectivity index (χ1) is 37.9. The van der Waals surface area contributed by atoms with Crippen LogP contribution >= 0.6 is 10.7 Å². The van der Waals surface area contributed by atoms with E-state index in [0.29, 0.717) is 85.2 Å². The highest BCUT2D eigenvalue weighted by Gasteiger charge is 2.04. The molecule has 0 unspecified atom stereocenters. The predicted octanol–water partition coefficient (Wildman–Crippen LogP) is -0.534. The molecule has 0 aromatic carbocycles. The highest BCUT2D eigenvalue weighted by atomic mass is 35.7. The van der Waals surface area contributed by atoms with Gasteiger partial charge in [0.2, 0.25) is 21.9 Å². The molecule has 30 nitrogen and oxygen atoms in total. The van der Waals surface area contributed by atoms with Crippen LogP contribution in [0.5, 0.6) is 0 Å². The van der Waals surface area contributed by atoms with Gasteiger partial charge in [0.25, 0.3) is 40.5 Å². The molecule has 0 radical (unpaired) electrons. The number of aliphatic hydroxyl groups is 2. The van der Waals surface area contributed by atoms with E-state index in [9.17, 15) is 56.5 Å². The third-order valence-corrected chi connectivity index (χ3v) is 9.77. The Balaban J connectivity index is -0.000000166. The number of amides is 2. The van der Waals surface area contributed by atoms with Gasteiger partial charge in [-0.05, 0) is 32.0 Å². The van der Waals surface area contributed by atoms with Crippen LogP contribution in [0.15, 0.2) is 38.2 Å². The van der Waals surface area contributed by atoms with Gasteiger partial charge in [0, 0.05) is 30.2 Å². The zero-order chi connectivity index (χ0) is 63.8. The number of halogens is 1. The molecule has 488 valence electrons. The van der Waals surface area contributed by atoms with Crippen LogP contribution in [0, 0.1) is 0 Å². The van der Waals surface area contributed by atoms with E-state index in [1.54, 1.807) is 6.08 Å². The lowest BCUT2D eigenvalue weighted by atomic mass is 10.5. The van der Waals surface area contributed by atoms with Crippen molar-refractivity contribution in [1.29, 1.82) is 0 Å². The fraction of sp³-hybridized carbons (Fsp3) is 0.800. The first-order valence-electron chi connectivity index (χ1n) is 24.4. The number of aliphatic hydroxyl groups excluding tert-OH is 2. The number of allylic oxidation sites excluding steroid dienone is 1. The molecule has 0 heterocycles. The van der Waals surface area contributed by atoms with Crippen molar-refractivity contribution in [2.45, 2.75) is 27.2 Å². The molecule has 0 aromatic rings. The Hall–Kier alpha value is -2.73. The molecule has 0 bridgehead atoms. The quantitative estimate of drug-likeness (QED) is 0.0254. The number of rotatable bonds is 47. The summed E-state index contributed by atoms with van der Waals surface area (Å²) in [5.41, 5.74) is 0. The van der Waals surface area contributed by atoms with Gasteiger partial charge in [-0.15, -0.1) is 6.58 Å². The summed E-state index contributed by atoms with van der Waals surface area (Å²) in [5, 5.41) is 16.5. The lowest BCUT2D eigenvalue weighted by Crippen LogP contribution is -2.22. The second-order valence-corrected chi connectivity index (χ2v) is 24.1. The van der Waals surface area contributed by atoms with Crippen molar-refractivity contribution in [2.75, 3.05) is 209 Å². The number of carbonyl (C=O) groups is 3. The van der Waals surface area contributed by atoms with Crippen molar-refractivity contribution in [2.24, 2.45) is 0 Å². The summed E-state index contributed by atoms with van der Waals surface area (Å²) < 4.78 is 161. The number of aldehydes is 1. The van der Waals surface area contributed by atoms with Crippen LogP contribution in [0.2, 0.25) is 0 Å². The zero-order valence-corrected chi connectivity index (χ0v) is 53.1. The van der Waals surface area contributed by atoms with E-state index in [-0.39, 0.29) is 92.5 Å². The van der Waals surface area contributed by atoms with Crippen molar-refractivity contribution >= 4 is 79.3 Å². The van der Waals surface area contributed by atoms with Crippen LogP contribution in [0.1, 0.15) is 27.2 Å². The molecule has 0 fully saturated rings. The van der Waals surface area contributed by atoms with Gasteiger partial charge in [-0.1, -0.05) is 40.0 Å². The molecule has 0 aromatic heterocycles. The van der Waals surface area contributed by atoms with E-state index in [2.05, 4.69) is 72.8 Å². The SMILES string of the molecule is C=CCC=O.C=CN(C=O)CCOCCOCCN(C=C)C=O.CCN(CC)CC.CS(=O)(=O)Cl.CS(=O)(=O)OCCOCCOCCOS(C)(=O)=O.CS(=O)(=O)OCCOCCOCCOS(C)(=O)=O.OCCOCCOCCO. The van der Waals surface area contributed by atoms with Crippen molar-refractivity contribution in [3.05, 3.63) is 38.2 Å². The van der Waals surface area contributed by atoms with E-state index < -0.39 is 49.5 Å². The Morgan fingerprint density at radius 3 is 0.741 bits per heavy atom. The first kappa shape index (κ1) is 92.0. The van der Waals surface area contributed by atoms with Gasteiger partial charge in [0.1, 0.15) is 6.29 Å². The van der Waals surface area contributed by atoms with Crippen LogP contribution in [-0.4, -0.2) is 295 Å². The van der Waals surface area contributed by atoms with Crippen LogP contribution in [0.25, 0.3) is 0 Å². The number of ether oxygens (including phenoxy) is 8. The Bertz CT molecular complexity index is 1780. The third kappa shape index (κ3) is 117. The standard InChI is InChI=1S/C12H20N2O4.2C8H18O8S2.C6H15N.C6H14O4.C4H6O.CH3ClO2S/c1-3-13(11-15)5-7-17-9-10-18-8-6-14(4-2)12-16;2*1-17(9,10)15-7-5-13-3-4-14-6-8-16-18(2,11)12;1-4-7(5-2)6-3;7-1-3-9-5-6-10-4-2-8;1-2-3-4-5;1-5(2,3)4/h3-4,11-12H,1-2,5-10H2;2*3-8H2,1-2H3;4-6H2,1-3H3;7-8H,1-6H2;2,4H,1,3H2;1H3. The highest BCUT2D eigenvalue weighted by Crippen LogP contribution is 1.92. The maximum atomic E-state index is 10.6. The van der Waals surface area contributed by atoms with Crippen LogP contribution < -0.4 is 0 Å². The Labute approximate surface area is 487 Å². The Morgan fingerprint density at radius 1 is 0.395 bits per heavy atom. The van der Waals surface area contributed by atoms with Gasteiger partial charge in [-0.3, -0.25) is 26.3 Å². The first-order valence-corrected chi connectivity index (χ1v) is 34.4. The van der Waals surface area contributed by atoms with Gasteiger partial charge in [-0.2, -0.15) is 33.7 Å². The van der Waals surface area contributed by atoms with E-state index in [0.717, 1.165) is 37.6 Å². The fourth-order valence-electron chi connectivity index (χ4n) is 3.85. The molecule has 0 rings (SSSR count). The smallest absolute Gasteiger partial charge is 0.264 e. The monoisotopic (exact) mass is 1300 g/mol. The van der Waals surface area contributed by atoms with Crippen LogP contribution in [0.3, 0.4) is 0 Å². The lowest BCUT2D eigenvalue weighted by Gasteiger charge is -2.13. The van der Waals surface area contributed by atoms with Crippen LogP contribution in [-0.2, 0) is 119 Å². The van der Waals surface area contributed by atoms with Gasteiger partial charge in [0.15, 0.2) is 0 Å². The minimum Gasteiger partial charge on any atom is -0.394 e. The Morgan fingerprint density at radius 2 is 0.605 bits per heavy atom. The van der Waals surface area contributed by atoms with Crippen LogP contribution in [0.4, 0.5) is 0 Å². The molecule has 36 heteroatoms. The van der Waals surface area contributed by atoms with Crippen molar-refractivity contribution in [1.82, 2.24) is 14.7 Å². The fourth-order valence-corrected chi connectivity index (χ4v) is 5.33. The summed E-state index contributed by atoms with van der Waals surface area (Å²) in [4.78, 5) is 35.3. The molecule has 0 aliphatic rings. The molecular weight excluding hydrogens is 1210 g/mol. The number of hydrogen-bond donors (Lipinski definition) is 2. The summed E-state index contributed by atoms with van der Waals surface area (Å²) in [6, 6.07) is 0. The van der Waals surface area contributed by atoms with Gasteiger partial charge in [-0.25, -0.2) is 8.42 Å². The minimum atomic E-state index is -3.43. The molecule has 0 aliphatic heterocycles. The van der Waals surface area contributed by atoms with Crippen molar-refractivity contribution in [3.8, 4) is 0 Å². The predicted molar refractivity (Wildman–Crippen MR) is 305 cm³/mol. The van der Waals surface area contributed by atoms with Gasteiger partial charge >= 0.3 is 0 Å². The largest absolute Gasteiger partial charge is 0.394 e. The van der Waals surface area contributed by atoms with Crippen molar-refractivity contribution in [3.63, 3.8) is 0 Å². The summed E-state index contributed by atoms with van der Waals surface area (Å²) in [7, 11) is -12.4. The van der Waals surface area contributed by atoms with Crippen molar-refractivity contribution < 1.29 is 121 Å². The van der Waals surface area contributed by atoms with Gasteiger partial charge < -0.3 is 67.6 Å².